The van der Waals surface area contributed by atoms with Gasteiger partial charge in [-0.1, -0.05) is 36.4 Å². The quantitative estimate of drug-likeness (QED) is 0.356. The SMILES string of the molecule is COc1cc(/C=C2\SC(=O)N(Cc3ccccc3)C2=O)ccc1Oc1nc(Cl)ncc1F. The van der Waals surface area contributed by atoms with Gasteiger partial charge in [0.15, 0.2) is 11.5 Å². The summed E-state index contributed by atoms with van der Waals surface area (Å²) in [5.41, 5.74) is 1.46. The Bertz CT molecular complexity index is 1220. The molecule has 0 bridgehead atoms. The summed E-state index contributed by atoms with van der Waals surface area (Å²) in [7, 11) is 1.42. The molecule has 2 amide bonds. The summed E-state index contributed by atoms with van der Waals surface area (Å²) in [6.07, 6.45) is 2.49. The maximum Gasteiger partial charge on any atom is 0.293 e. The molecule has 0 N–H and O–H groups in total. The molecule has 1 aliphatic rings. The van der Waals surface area contributed by atoms with Crippen LogP contribution < -0.4 is 9.47 Å². The fourth-order valence-corrected chi connectivity index (χ4v) is 3.88. The molecule has 3 aromatic rings. The molecular weight excluding hydrogens is 457 g/mol. The average molecular weight is 472 g/mol. The number of ether oxygens (including phenoxy) is 2. The smallest absolute Gasteiger partial charge is 0.293 e. The molecule has 7 nitrogen and oxygen atoms in total. The molecule has 4 rings (SSSR count). The fourth-order valence-electron chi connectivity index (χ4n) is 2.92. The number of carbonyl (C=O) groups excluding carboxylic acids is 2. The van der Waals surface area contributed by atoms with Gasteiger partial charge in [0.2, 0.25) is 11.1 Å². The molecule has 0 radical (unpaired) electrons. The number of imide groups is 1. The second-order valence-corrected chi connectivity index (χ2v) is 7.89. The third-order valence-corrected chi connectivity index (χ3v) is 5.52. The standard InChI is InChI=1S/C22H15ClFN3O4S/c1-30-17-9-14(7-8-16(17)31-19-15(24)11-25-21(23)26-19)10-18-20(28)27(22(29)32-18)12-13-5-3-2-4-6-13/h2-11H,12H2,1H3/b18-10-. The summed E-state index contributed by atoms with van der Waals surface area (Å²) < 4.78 is 24.7. The van der Waals surface area contributed by atoms with Crippen LogP contribution in [0.15, 0.2) is 59.6 Å². The summed E-state index contributed by atoms with van der Waals surface area (Å²) in [5.74, 6) is -1.04. The highest BCUT2D eigenvalue weighted by Gasteiger charge is 2.35. The number of aromatic nitrogens is 2. The van der Waals surface area contributed by atoms with Gasteiger partial charge in [-0.15, -0.1) is 0 Å². The Morgan fingerprint density at radius 3 is 2.69 bits per heavy atom. The molecule has 162 valence electrons. The van der Waals surface area contributed by atoms with Crippen LogP contribution in [-0.2, 0) is 11.3 Å². The number of methoxy groups -OCH3 is 1. The molecule has 1 saturated heterocycles. The molecule has 2 heterocycles. The Kier molecular flexibility index (Phi) is 6.38. The Morgan fingerprint density at radius 2 is 1.94 bits per heavy atom. The van der Waals surface area contributed by atoms with Crippen LogP contribution in [0.25, 0.3) is 6.08 Å². The van der Waals surface area contributed by atoms with Crippen molar-refractivity contribution in [3.63, 3.8) is 0 Å². The van der Waals surface area contributed by atoms with Gasteiger partial charge in [0, 0.05) is 0 Å². The van der Waals surface area contributed by atoms with Gasteiger partial charge in [0.1, 0.15) is 0 Å². The number of halogens is 2. The van der Waals surface area contributed by atoms with Crippen molar-refractivity contribution in [2.45, 2.75) is 6.54 Å². The highest BCUT2D eigenvalue weighted by molar-refractivity contribution is 8.18. The highest BCUT2D eigenvalue weighted by Crippen LogP contribution is 2.36. The van der Waals surface area contributed by atoms with Crippen molar-refractivity contribution in [3.8, 4) is 17.4 Å². The predicted octanol–water partition coefficient (Wildman–Crippen LogP) is 5.31. The number of amides is 2. The second kappa shape index (κ2) is 9.37. The lowest BCUT2D eigenvalue weighted by molar-refractivity contribution is -0.123. The third-order valence-electron chi connectivity index (χ3n) is 4.43. The summed E-state index contributed by atoms with van der Waals surface area (Å²) >= 11 is 6.56. The van der Waals surface area contributed by atoms with Gasteiger partial charge in [-0.2, -0.15) is 9.37 Å². The molecule has 0 atom stereocenters. The minimum Gasteiger partial charge on any atom is -0.493 e. The first-order valence-electron chi connectivity index (χ1n) is 9.28. The maximum atomic E-state index is 13.9. The number of hydrogen-bond donors (Lipinski definition) is 0. The number of hydrogen-bond acceptors (Lipinski definition) is 7. The van der Waals surface area contributed by atoms with Crippen molar-refractivity contribution in [1.29, 1.82) is 0 Å². The van der Waals surface area contributed by atoms with Crippen LogP contribution in [-0.4, -0.2) is 33.1 Å². The molecule has 0 spiro atoms. The lowest BCUT2D eigenvalue weighted by atomic mass is 10.1. The summed E-state index contributed by atoms with van der Waals surface area (Å²) in [4.78, 5) is 33.8. The maximum absolute atomic E-state index is 13.9. The molecule has 0 unspecified atom stereocenters. The van der Waals surface area contributed by atoms with Crippen LogP contribution in [0.3, 0.4) is 0 Å². The van der Waals surface area contributed by atoms with Crippen LogP contribution in [0, 0.1) is 5.82 Å². The number of thioether (sulfide) groups is 1. The molecule has 10 heteroatoms. The van der Waals surface area contributed by atoms with E-state index >= 15 is 0 Å². The summed E-state index contributed by atoms with van der Waals surface area (Å²) in [6.45, 7) is 0.200. The first-order chi connectivity index (χ1) is 15.4. The molecule has 0 aliphatic carbocycles. The largest absolute Gasteiger partial charge is 0.493 e. The van der Waals surface area contributed by atoms with Crippen LogP contribution in [0.1, 0.15) is 11.1 Å². The lowest BCUT2D eigenvalue weighted by Crippen LogP contribution is -2.27. The van der Waals surface area contributed by atoms with Gasteiger partial charge < -0.3 is 9.47 Å². The molecule has 1 fully saturated rings. The van der Waals surface area contributed by atoms with E-state index in [1.165, 1.54) is 18.1 Å². The molecular formula is C22H15ClFN3O4S. The van der Waals surface area contributed by atoms with Crippen LogP contribution >= 0.6 is 23.4 Å². The van der Waals surface area contributed by atoms with E-state index < -0.39 is 5.82 Å². The highest BCUT2D eigenvalue weighted by atomic mass is 35.5. The molecule has 32 heavy (non-hydrogen) atoms. The zero-order valence-electron chi connectivity index (χ0n) is 16.6. The van der Waals surface area contributed by atoms with Crippen molar-refractivity contribution in [1.82, 2.24) is 14.9 Å². The molecule has 2 aromatic carbocycles. The van der Waals surface area contributed by atoms with Crippen molar-refractivity contribution < 1.29 is 23.5 Å². The van der Waals surface area contributed by atoms with E-state index in [-0.39, 0.29) is 45.3 Å². The second-order valence-electron chi connectivity index (χ2n) is 6.56. The average Bonchev–Trinajstić information content (AvgIpc) is 3.05. The molecule has 0 saturated carbocycles. The van der Waals surface area contributed by atoms with Crippen molar-refractivity contribution in [3.05, 3.63) is 81.9 Å². The molecule has 1 aromatic heterocycles. The first-order valence-corrected chi connectivity index (χ1v) is 10.5. The number of benzene rings is 2. The van der Waals surface area contributed by atoms with Gasteiger partial charge >= 0.3 is 0 Å². The first kappa shape index (κ1) is 21.8. The van der Waals surface area contributed by atoms with E-state index in [9.17, 15) is 14.0 Å². The van der Waals surface area contributed by atoms with Crippen LogP contribution in [0.4, 0.5) is 9.18 Å². The van der Waals surface area contributed by atoms with Gasteiger partial charge in [0.25, 0.3) is 17.0 Å². The van der Waals surface area contributed by atoms with Crippen LogP contribution in [0.2, 0.25) is 5.28 Å². The van der Waals surface area contributed by atoms with Gasteiger partial charge in [-0.3, -0.25) is 14.5 Å². The van der Waals surface area contributed by atoms with Crippen LogP contribution in [0.5, 0.6) is 17.4 Å². The summed E-state index contributed by atoms with van der Waals surface area (Å²) in [5, 5.41) is -0.503. The van der Waals surface area contributed by atoms with Crippen molar-refractivity contribution in [2.75, 3.05) is 7.11 Å². The Morgan fingerprint density at radius 1 is 1.16 bits per heavy atom. The summed E-state index contributed by atoms with van der Waals surface area (Å²) in [6, 6.07) is 14.0. The minimum atomic E-state index is -0.785. The Balaban J connectivity index is 1.55. The number of carbonyl (C=O) groups is 2. The predicted molar refractivity (Wildman–Crippen MR) is 118 cm³/mol. The van der Waals surface area contributed by atoms with E-state index in [2.05, 4.69) is 9.97 Å². The molecule has 1 aliphatic heterocycles. The monoisotopic (exact) mass is 471 g/mol. The van der Waals surface area contributed by atoms with E-state index in [0.717, 1.165) is 23.5 Å². The van der Waals surface area contributed by atoms with E-state index in [1.54, 1.807) is 18.2 Å². The zero-order valence-corrected chi connectivity index (χ0v) is 18.2. The van der Waals surface area contributed by atoms with Gasteiger partial charge in [0.05, 0.1) is 24.8 Å². The fraction of sp³-hybridized carbons (Fsp3) is 0.0909. The van der Waals surface area contributed by atoms with E-state index in [0.29, 0.717) is 5.56 Å². The Hall–Kier alpha value is -3.43. The number of rotatable bonds is 6. The van der Waals surface area contributed by atoms with E-state index in [4.69, 9.17) is 21.1 Å². The normalized spacial score (nSPS) is 14.8. The third kappa shape index (κ3) is 4.74. The van der Waals surface area contributed by atoms with E-state index in [1.807, 2.05) is 30.3 Å². The van der Waals surface area contributed by atoms with Gasteiger partial charge in [-0.25, -0.2) is 4.98 Å². The van der Waals surface area contributed by atoms with Gasteiger partial charge in [-0.05, 0) is 52.7 Å². The van der Waals surface area contributed by atoms with Crippen molar-refractivity contribution >= 4 is 40.6 Å². The zero-order chi connectivity index (χ0) is 22.7. The Labute approximate surface area is 191 Å². The topological polar surface area (TPSA) is 81.6 Å². The number of nitrogens with zero attached hydrogens (tertiary/aromatic N) is 3. The minimum absolute atomic E-state index is 0.164. The lowest BCUT2D eigenvalue weighted by Gasteiger charge is -2.12. The van der Waals surface area contributed by atoms with Crippen molar-refractivity contribution in [2.24, 2.45) is 0 Å².